The third-order valence-corrected chi connectivity index (χ3v) is 6.86. The van der Waals surface area contributed by atoms with Crippen molar-refractivity contribution in [3.63, 3.8) is 0 Å². The fourth-order valence-corrected chi connectivity index (χ4v) is 4.22. The maximum Gasteiger partial charge on any atom is 0.243 e. The lowest BCUT2D eigenvalue weighted by Gasteiger charge is -2.25. The van der Waals surface area contributed by atoms with E-state index in [1.165, 1.54) is 37.4 Å². The van der Waals surface area contributed by atoms with Crippen molar-refractivity contribution in [1.82, 2.24) is 4.31 Å². The number of sulfonamides is 1. The van der Waals surface area contributed by atoms with Gasteiger partial charge in [-0.2, -0.15) is 4.31 Å². The van der Waals surface area contributed by atoms with Crippen molar-refractivity contribution in [1.29, 1.82) is 0 Å². The Labute approximate surface area is 141 Å². The van der Waals surface area contributed by atoms with Gasteiger partial charge in [0.15, 0.2) is 9.84 Å². The molecule has 0 spiro atoms. The largest absolute Gasteiger partial charge is 0.243 e. The zero-order valence-corrected chi connectivity index (χ0v) is 15.1. The van der Waals surface area contributed by atoms with Crippen LogP contribution in [0.4, 0.5) is 4.39 Å². The molecule has 0 heterocycles. The van der Waals surface area contributed by atoms with Crippen LogP contribution in [0.1, 0.15) is 18.5 Å². The van der Waals surface area contributed by atoms with E-state index in [0.29, 0.717) is 5.56 Å². The van der Waals surface area contributed by atoms with Crippen LogP contribution in [0.25, 0.3) is 0 Å². The quantitative estimate of drug-likeness (QED) is 0.810. The number of benzene rings is 2. The van der Waals surface area contributed by atoms with Crippen LogP contribution in [0, 0.1) is 5.82 Å². The average Bonchev–Trinajstić information content (AvgIpc) is 2.52. The molecule has 0 radical (unpaired) electrons. The van der Waals surface area contributed by atoms with E-state index in [2.05, 4.69) is 0 Å². The van der Waals surface area contributed by atoms with Gasteiger partial charge in [0.2, 0.25) is 10.0 Å². The maximum absolute atomic E-state index is 13.3. The van der Waals surface area contributed by atoms with E-state index in [9.17, 15) is 21.2 Å². The Bertz CT molecular complexity index is 938. The van der Waals surface area contributed by atoms with Crippen LogP contribution in [0.3, 0.4) is 0 Å². The van der Waals surface area contributed by atoms with Gasteiger partial charge in [-0.1, -0.05) is 18.2 Å². The maximum atomic E-state index is 13.3. The number of nitrogens with zero attached hydrogens (tertiary/aromatic N) is 1. The summed E-state index contributed by atoms with van der Waals surface area (Å²) < 4.78 is 62.6. The van der Waals surface area contributed by atoms with Crippen LogP contribution in [-0.4, -0.2) is 34.4 Å². The van der Waals surface area contributed by atoms with Gasteiger partial charge >= 0.3 is 0 Å². The number of sulfone groups is 1. The van der Waals surface area contributed by atoms with E-state index in [1.807, 2.05) is 0 Å². The Kier molecular flexibility index (Phi) is 5.12. The van der Waals surface area contributed by atoms with Gasteiger partial charge in [-0.15, -0.1) is 0 Å². The van der Waals surface area contributed by atoms with Crippen LogP contribution in [0.2, 0.25) is 0 Å². The molecular weight excluding hydrogens is 353 g/mol. The number of rotatable bonds is 5. The van der Waals surface area contributed by atoms with Crippen molar-refractivity contribution in [3.8, 4) is 0 Å². The van der Waals surface area contributed by atoms with E-state index < -0.39 is 31.7 Å². The molecule has 5 nitrogen and oxygen atoms in total. The summed E-state index contributed by atoms with van der Waals surface area (Å²) in [5.74, 6) is -0.630. The second kappa shape index (κ2) is 6.62. The monoisotopic (exact) mass is 371 g/mol. The molecule has 0 aliphatic carbocycles. The SMILES string of the molecule is CC(c1ccc(S(C)(=O)=O)cc1)N(C)S(=O)(=O)c1cccc(F)c1. The number of hydrogen-bond donors (Lipinski definition) is 0. The van der Waals surface area contributed by atoms with Gasteiger partial charge in [0.05, 0.1) is 9.79 Å². The van der Waals surface area contributed by atoms with Gasteiger partial charge in [0, 0.05) is 19.3 Å². The standard InChI is InChI=1S/C16H18FNO4S2/c1-12(13-7-9-15(10-8-13)23(3,19)20)18(2)24(21,22)16-6-4-5-14(17)11-16/h4-12H,1-3H3. The lowest BCUT2D eigenvalue weighted by Crippen LogP contribution is -2.29. The molecule has 1 atom stereocenters. The molecule has 0 aromatic heterocycles. The van der Waals surface area contributed by atoms with Crippen molar-refractivity contribution < 1.29 is 21.2 Å². The van der Waals surface area contributed by atoms with Gasteiger partial charge in [0.25, 0.3) is 0 Å². The summed E-state index contributed by atoms with van der Waals surface area (Å²) in [6, 6.07) is 10.3. The molecule has 0 aliphatic rings. The summed E-state index contributed by atoms with van der Waals surface area (Å²) in [5.41, 5.74) is 0.630. The molecule has 2 aromatic carbocycles. The molecular formula is C16H18FNO4S2. The van der Waals surface area contributed by atoms with Gasteiger partial charge < -0.3 is 0 Å². The molecule has 0 saturated heterocycles. The summed E-state index contributed by atoms with van der Waals surface area (Å²) in [5, 5.41) is 0. The predicted molar refractivity (Wildman–Crippen MR) is 89.3 cm³/mol. The lowest BCUT2D eigenvalue weighted by molar-refractivity contribution is 0.398. The molecule has 24 heavy (non-hydrogen) atoms. The Morgan fingerprint density at radius 3 is 2.04 bits per heavy atom. The molecule has 2 rings (SSSR count). The lowest BCUT2D eigenvalue weighted by atomic mass is 10.1. The van der Waals surface area contributed by atoms with Gasteiger partial charge in [-0.3, -0.25) is 0 Å². The summed E-state index contributed by atoms with van der Waals surface area (Å²) in [6.45, 7) is 1.67. The van der Waals surface area contributed by atoms with Crippen molar-refractivity contribution in [2.45, 2.75) is 22.8 Å². The van der Waals surface area contributed by atoms with Crippen LogP contribution in [-0.2, 0) is 19.9 Å². The molecule has 0 fully saturated rings. The van der Waals surface area contributed by atoms with Crippen molar-refractivity contribution >= 4 is 19.9 Å². The van der Waals surface area contributed by atoms with Crippen molar-refractivity contribution in [2.75, 3.05) is 13.3 Å². The van der Waals surface area contributed by atoms with Crippen molar-refractivity contribution in [3.05, 3.63) is 59.9 Å². The highest BCUT2D eigenvalue weighted by Crippen LogP contribution is 2.26. The average molecular weight is 371 g/mol. The third kappa shape index (κ3) is 3.82. The first-order valence-corrected chi connectivity index (χ1v) is 10.4. The Hall–Kier alpha value is -1.77. The Morgan fingerprint density at radius 1 is 0.958 bits per heavy atom. The zero-order valence-electron chi connectivity index (χ0n) is 13.5. The van der Waals surface area contributed by atoms with Gasteiger partial charge in [-0.05, 0) is 42.8 Å². The minimum Gasteiger partial charge on any atom is -0.224 e. The van der Waals surface area contributed by atoms with E-state index >= 15 is 0 Å². The molecule has 130 valence electrons. The fourth-order valence-electron chi connectivity index (χ4n) is 2.21. The first kappa shape index (κ1) is 18.6. The first-order chi connectivity index (χ1) is 11.0. The summed E-state index contributed by atoms with van der Waals surface area (Å²) in [4.78, 5) is 0.0266. The third-order valence-electron chi connectivity index (χ3n) is 3.81. The smallest absolute Gasteiger partial charge is 0.224 e. The normalized spacial score (nSPS) is 13.9. The molecule has 0 N–H and O–H groups in total. The highest BCUT2D eigenvalue weighted by molar-refractivity contribution is 7.90. The first-order valence-electron chi connectivity index (χ1n) is 7.07. The highest BCUT2D eigenvalue weighted by atomic mass is 32.2. The molecule has 0 amide bonds. The fraction of sp³-hybridized carbons (Fsp3) is 0.250. The van der Waals surface area contributed by atoms with Crippen LogP contribution in [0.5, 0.6) is 0 Å². The Morgan fingerprint density at radius 2 is 1.54 bits per heavy atom. The van der Waals surface area contributed by atoms with Crippen LogP contribution < -0.4 is 0 Å². The predicted octanol–water partition coefficient (Wildman–Crippen LogP) is 2.61. The van der Waals surface area contributed by atoms with E-state index in [-0.39, 0.29) is 9.79 Å². The molecule has 0 aliphatic heterocycles. The second-order valence-corrected chi connectivity index (χ2v) is 9.51. The Balaban J connectivity index is 2.33. The summed E-state index contributed by atoms with van der Waals surface area (Å²) >= 11 is 0. The summed E-state index contributed by atoms with van der Waals surface area (Å²) in [6.07, 6.45) is 1.10. The van der Waals surface area contributed by atoms with Crippen LogP contribution in [0.15, 0.2) is 58.3 Å². The molecule has 0 bridgehead atoms. The van der Waals surface area contributed by atoms with E-state index in [1.54, 1.807) is 19.1 Å². The van der Waals surface area contributed by atoms with E-state index in [0.717, 1.165) is 16.6 Å². The molecule has 1 unspecified atom stereocenters. The van der Waals surface area contributed by atoms with Gasteiger partial charge in [0.1, 0.15) is 5.82 Å². The molecule has 8 heteroatoms. The number of hydrogen-bond acceptors (Lipinski definition) is 4. The van der Waals surface area contributed by atoms with Crippen molar-refractivity contribution in [2.24, 2.45) is 0 Å². The topological polar surface area (TPSA) is 71.5 Å². The second-order valence-electron chi connectivity index (χ2n) is 5.50. The van der Waals surface area contributed by atoms with Crippen LogP contribution >= 0.6 is 0 Å². The van der Waals surface area contributed by atoms with Gasteiger partial charge in [-0.25, -0.2) is 21.2 Å². The zero-order chi connectivity index (χ0) is 18.1. The molecule has 2 aromatic rings. The summed E-state index contributed by atoms with van der Waals surface area (Å²) in [7, 11) is -5.79. The highest BCUT2D eigenvalue weighted by Gasteiger charge is 2.26. The molecule has 0 saturated carbocycles. The minimum atomic E-state index is -3.87. The number of halogens is 1. The minimum absolute atomic E-state index is 0.135. The van der Waals surface area contributed by atoms with E-state index in [4.69, 9.17) is 0 Å².